The highest BCUT2D eigenvalue weighted by Gasteiger charge is 2.22. The van der Waals surface area contributed by atoms with Gasteiger partial charge in [0.25, 0.3) is 5.91 Å². The van der Waals surface area contributed by atoms with Crippen molar-refractivity contribution in [2.75, 3.05) is 44.8 Å². The molecular weight excluding hydrogens is 469 g/mol. The Balaban J connectivity index is 0.00000363. The van der Waals surface area contributed by atoms with Gasteiger partial charge in [-0.2, -0.15) is 0 Å². The topological polar surface area (TPSA) is 54.9 Å². The Morgan fingerprint density at radius 1 is 1.09 bits per heavy atom. The third-order valence-corrected chi connectivity index (χ3v) is 6.68. The monoisotopic (exact) mass is 497 g/mol. The number of methoxy groups -OCH3 is 1. The Morgan fingerprint density at radius 3 is 2.44 bits per heavy atom. The number of ether oxygens (including phenoxy) is 2. The van der Waals surface area contributed by atoms with Gasteiger partial charge in [0.15, 0.2) is 23.2 Å². The van der Waals surface area contributed by atoms with E-state index in [0.717, 1.165) is 35.4 Å². The number of nitrogens with zero attached hydrogens (tertiary/aromatic N) is 3. The minimum absolute atomic E-state index is 0. The van der Waals surface area contributed by atoms with Crippen LogP contribution < -0.4 is 14.4 Å². The van der Waals surface area contributed by atoms with Crippen LogP contribution in [0.1, 0.15) is 19.4 Å². The summed E-state index contributed by atoms with van der Waals surface area (Å²) in [4.78, 5) is 22.0. The van der Waals surface area contributed by atoms with Crippen LogP contribution in [-0.4, -0.2) is 55.7 Å². The third kappa shape index (κ3) is 6.04. The van der Waals surface area contributed by atoms with E-state index >= 15 is 0 Å². The van der Waals surface area contributed by atoms with Crippen molar-refractivity contribution >= 4 is 56.6 Å². The van der Waals surface area contributed by atoms with E-state index in [4.69, 9.17) is 26.1 Å². The first-order valence-electron chi connectivity index (χ1n) is 10.3. The lowest BCUT2D eigenvalue weighted by Gasteiger charge is -2.24. The normalized spacial score (nSPS) is 10.8. The molecule has 1 amide bonds. The second-order valence-electron chi connectivity index (χ2n) is 7.03. The van der Waals surface area contributed by atoms with Gasteiger partial charge in [0, 0.05) is 18.1 Å². The van der Waals surface area contributed by atoms with Crippen LogP contribution in [0.3, 0.4) is 0 Å². The molecule has 0 saturated heterocycles. The lowest BCUT2D eigenvalue weighted by atomic mass is 10.2. The number of carbonyl (C=O) groups excluding carboxylic acids is 1. The number of hydrogen-bond acceptors (Lipinski definition) is 6. The van der Waals surface area contributed by atoms with Gasteiger partial charge in [-0.25, -0.2) is 4.98 Å². The number of carbonyl (C=O) groups is 1. The van der Waals surface area contributed by atoms with E-state index in [0.29, 0.717) is 28.2 Å². The fraction of sp³-hybridized carbons (Fsp3) is 0.391. The standard InChI is InChI=1S/C23H28ClN3O3S.ClH/c1-5-26(6-2)13-14-27(21(28)15-30-19-10-8-7-9-18(19)29-4)23-25-22-16(3)17(24)11-12-20(22)31-23;/h7-12H,5-6,13-15H2,1-4H3;1H. The maximum atomic E-state index is 13.2. The number of amides is 1. The smallest absolute Gasteiger partial charge is 0.266 e. The molecule has 0 atom stereocenters. The molecule has 0 aliphatic heterocycles. The van der Waals surface area contributed by atoms with Gasteiger partial charge in [0.1, 0.15) is 0 Å². The van der Waals surface area contributed by atoms with Crippen molar-refractivity contribution in [2.24, 2.45) is 0 Å². The maximum absolute atomic E-state index is 13.2. The number of rotatable bonds is 10. The van der Waals surface area contributed by atoms with E-state index in [1.54, 1.807) is 24.1 Å². The van der Waals surface area contributed by atoms with Crippen molar-refractivity contribution in [1.29, 1.82) is 0 Å². The fourth-order valence-corrected chi connectivity index (χ4v) is 4.49. The Labute approximate surface area is 204 Å². The molecule has 6 nitrogen and oxygen atoms in total. The van der Waals surface area contributed by atoms with Gasteiger partial charge in [0.05, 0.1) is 17.3 Å². The number of hydrogen-bond donors (Lipinski definition) is 0. The Morgan fingerprint density at radius 2 is 1.78 bits per heavy atom. The van der Waals surface area contributed by atoms with Crippen molar-refractivity contribution in [3.05, 3.63) is 47.0 Å². The predicted octanol–water partition coefficient (Wildman–Crippen LogP) is 5.44. The lowest BCUT2D eigenvalue weighted by molar-refractivity contribution is -0.120. The molecule has 32 heavy (non-hydrogen) atoms. The van der Waals surface area contributed by atoms with Gasteiger partial charge >= 0.3 is 0 Å². The molecule has 1 aromatic heterocycles. The number of likely N-dealkylation sites (N-methyl/N-ethyl adjacent to an activating group) is 1. The van der Waals surface area contributed by atoms with Crippen LogP contribution in [-0.2, 0) is 4.79 Å². The molecule has 0 aliphatic rings. The number of para-hydroxylation sites is 2. The molecule has 0 radical (unpaired) electrons. The highest BCUT2D eigenvalue weighted by Crippen LogP contribution is 2.34. The summed E-state index contributed by atoms with van der Waals surface area (Å²) in [7, 11) is 1.58. The summed E-state index contributed by atoms with van der Waals surface area (Å²) in [5.41, 5.74) is 1.75. The Bertz CT molecular complexity index is 1040. The minimum atomic E-state index is -0.152. The first kappa shape index (κ1) is 26.2. The molecule has 0 bridgehead atoms. The summed E-state index contributed by atoms with van der Waals surface area (Å²) < 4.78 is 12.1. The Hall–Kier alpha value is -2.06. The largest absolute Gasteiger partial charge is 0.493 e. The number of benzene rings is 2. The summed E-state index contributed by atoms with van der Waals surface area (Å²) >= 11 is 7.76. The van der Waals surface area contributed by atoms with Gasteiger partial charge in [0.2, 0.25) is 0 Å². The van der Waals surface area contributed by atoms with E-state index in [1.807, 2.05) is 31.2 Å². The molecule has 9 heteroatoms. The summed E-state index contributed by atoms with van der Waals surface area (Å²) in [5, 5.41) is 1.33. The van der Waals surface area contributed by atoms with Crippen LogP contribution in [0.25, 0.3) is 10.2 Å². The zero-order chi connectivity index (χ0) is 22.4. The fourth-order valence-electron chi connectivity index (χ4n) is 3.27. The summed E-state index contributed by atoms with van der Waals surface area (Å²) in [6.07, 6.45) is 0. The van der Waals surface area contributed by atoms with Crippen molar-refractivity contribution < 1.29 is 14.3 Å². The Kier molecular flexibility index (Phi) is 10.0. The number of anilines is 1. The molecule has 0 saturated carbocycles. The van der Waals surface area contributed by atoms with Crippen molar-refractivity contribution in [1.82, 2.24) is 9.88 Å². The van der Waals surface area contributed by atoms with E-state index in [1.165, 1.54) is 11.3 Å². The van der Waals surface area contributed by atoms with E-state index < -0.39 is 0 Å². The van der Waals surface area contributed by atoms with Crippen LogP contribution >= 0.6 is 35.3 Å². The van der Waals surface area contributed by atoms with E-state index in [2.05, 4.69) is 18.7 Å². The minimum Gasteiger partial charge on any atom is -0.493 e. The number of aromatic nitrogens is 1. The second-order valence-corrected chi connectivity index (χ2v) is 8.44. The van der Waals surface area contributed by atoms with Gasteiger partial charge in [-0.15, -0.1) is 12.4 Å². The first-order chi connectivity index (χ1) is 15.0. The SMILES string of the molecule is CCN(CC)CCN(C(=O)COc1ccccc1OC)c1nc2c(C)c(Cl)ccc2s1.Cl. The predicted molar refractivity (Wildman–Crippen MR) is 135 cm³/mol. The van der Waals surface area contributed by atoms with Crippen LogP contribution in [0.2, 0.25) is 5.02 Å². The summed E-state index contributed by atoms with van der Waals surface area (Å²) in [6, 6.07) is 11.1. The van der Waals surface area contributed by atoms with Gasteiger partial charge < -0.3 is 14.4 Å². The van der Waals surface area contributed by atoms with Crippen molar-refractivity contribution in [2.45, 2.75) is 20.8 Å². The average Bonchev–Trinajstić information content (AvgIpc) is 3.22. The number of halogens is 2. The number of fused-ring (bicyclic) bond motifs is 1. The quantitative estimate of drug-likeness (QED) is 0.373. The molecule has 0 N–H and O–H groups in total. The molecule has 0 spiro atoms. The summed E-state index contributed by atoms with van der Waals surface area (Å²) in [6.45, 7) is 9.20. The molecule has 1 heterocycles. The van der Waals surface area contributed by atoms with Gasteiger partial charge in [-0.1, -0.05) is 48.9 Å². The number of thiazole rings is 1. The van der Waals surface area contributed by atoms with Crippen LogP contribution in [0.15, 0.2) is 36.4 Å². The summed E-state index contributed by atoms with van der Waals surface area (Å²) in [5.74, 6) is 0.977. The third-order valence-electron chi connectivity index (χ3n) is 5.22. The van der Waals surface area contributed by atoms with Gasteiger partial charge in [-0.05, 0) is 49.8 Å². The van der Waals surface area contributed by atoms with Crippen LogP contribution in [0.4, 0.5) is 5.13 Å². The highest BCUT2D eigenvalue weighted by molar-refractivity contribution is 7.22. The maximum Gasteiger partial charge on any atom is 0.266 e. The zero-order valence-corrected chi connectivity index (χ0v) is 21.1. The molecule has 3 aromatic rings. The first-order valence-corrected chi connectivity index (χ1v) is 11.5. The van der Waals surface area contributed by atoms with Crippen LogP contribution in [0, 0.1) is 6.92 Å². The second kappa shape index (κ2) is 12.3. The average molecular weight is 498 g/mol. The highest BCUT2D eigenvalue weighted by atomic mass is 35.5. The molecule has 3 rings (SSSR count). The van der Waals surface area contributed by atoms with E-state index in [9.17, 15) is 4.79 Å². The molecule has 0 aliphatic carbocycles. The molecule has 174 valence electrons. The molecule has 0 fully saturated rings. The molecule has 2 aromatic carbocycles. The zero-order valence-electron chi connectivity index (χ0n) is 18.8. The van der Waals surface area contributed by atoms with Crippen LogP contribution in [0.5, 0.6) is 11.5 Å². The lowest BCUT2D eigenvalue weighted by Crippen LogP contribution is -2.41. The number of aryl methyl sites for hydroxylation is 1. The van der Waals surface area contributed by atoms with Crippen molar-refractivity contribution in [3.63, 3.8) is 0 Å². The molecular formula is C23H29Cl2N3O3S. The van der Waals surface area contributed by atoms with Gasteiger partial charge in [-0.3, -0.25) is 9.69 Å². The molecule has 0 unspecified atom stereocenters. The van der Waals surface area contributed by atoms with Crippen molar-refractivity contribution in [3.8, 4) is 11.5 Å². The van der Waals surface area contributed by atoms with E-state index in [-0.39, 0.29) is 24.9 Å².